The lowest BCUT2D eigenvalue weighted by Crippen LogP contribution is -2.50. The minimum atomic E-state index is -0.799. The fourth-order valence-corrected chi connectivity index (χ4v) is 4.24. The van der Waals surface area contributed by atoms with E-state index in [1.54, 1.807) is 4.90 Å². The first-order valence-electron chi connectivity index (χ1n) is 9.23. The molecule has 0 spiro atoms. The van der Waals surface area contributed by atoms with Gasteiger partial charge in [0.25, 0.3) is 0 Å². The molecule has 6 nitrogen and oxygen atoms in total. The van der Waals surface area contributed by atoms with Crippen LogP contribution in [-0.4, -0.2) is 64.8 Å². The predicted molar refractivity (Wildman–Crippen MR) is 98.1 cm³/mol. The summed E-state index contributed by atoms with van der Waals surface area (Å²) in [6, 6.07) is 10.4. The van der Waals surface area contributed by atoms with Crippen LogP contribution in [0.4, 0.5) is 4.79 Å². The molecule has 2 heterocycles. The maximum Gasteiger partial charge on any atom is 0.410 e. The molecule has 1 aromatic rings. The van der Waals surface area contributed by atoms with Gasteiger partial charge in [0.1, 0.15) is 5.60 Å². The Bertz CT molecular complexity index is 656. The Morgan fingerprint density at radius 2 is 1.88 bits per heavy atom. The third-order valence-corrected chi connectivity index (χ3v) is 5.26. The molecule has 6 heteroatoms. The van der Waals surface area contributed by atoms with Crippen molar-refractivity contribution in [3.05, 3.63) is 35.9 Å². The number of nitrogens with zero attached hydrogens (tertiary/aromatic N) is 2. The molecule has 1 N–H and O–H groups in total. The lowest BCUT2D eigenvalue weighted by molar-refractivity contribution is -0.138. The third kappa shape index (κ3) is 4.18. The first kappa shape index (κ1) is 18.7. The highest BCUT2D eigenvalue weighted by Gasteiger charge is 2.46. The van der Waals surface area contributed by atoms with E-state index < -0.39 is 11.6 Å². The predicted octanol–water partition coefficient (Wildman–Crippen LogP) is 2.80. The van der Waals surface area contributed by atoms with Gasteiger partial charge in [0, 0.05) is 37.5 Å². The highest BCUT2D eigenvalue weighted by atomic mass is 16.6. The van der Waals surface area contributed by atoms with Gasteiger partial charge in [-0.2, -0.15) is 0 Å². The van der Waals surface area contributed by atoms with Crippen LogP contribution in [0.2, 0.25) is 0 Å². The number of carboxylic acids is 1. The number of carboxylic acid groups (broad SMARTS) is 1. The molecule has 0 radical (unpaired) electrons. The Balaban J connectivity index is 1.79. The number of piperidine rings is 1. The number of rotatable bonds is 3. The number of amides is 1. The molecule has 1 amide bonds. The SMILES string of the molecule is CC(C)(C)OC(=O)N1CC[C@H]2[C@@H](C1)[C@H](c1ccccc1)CN2CC(=O)O. The molecule has 26 heavy (non-hydrogen) atoms. The summed E-state index contributed by atoms with van der Waals surface area (Å²) in [4.78, 5) is 27.6. The van der Waals surface area contributed by atoms with Crippen molar-refractivity contribution in [2.24, 2.45) is 5.92 Å². The van der Waals surface area contributed by atoms with Crippen LogP contribution in [0.15, 0.2) is 30.3 Å². The van der Waals surface area contributed by atoms with Gasteiger partial charge in [-0.25, -0.2) is 4.79 Å². The van der Waals surface area contributed by atoms with E-state index in [2.05, 4.69) is 17.0 Å². The molecule has 2 aliphatic heterocycles. The van der Waals surface area contributed by atoms with Gasteiger partial charge in [-0.15, -0.1) is 0 Å². The lowest BCUT2D eigenvalue weighted by atomic mass is 9.82. The second-order valence-electron chi connectivity index (χ2n) is 8.29. The Morgan fingerprint density at radius 3 is 2.50 bits per heavy atom. The minimum Gasteiger partial charge on any atom is -0.480 e. The first-order valence-corrected chi connectivity index (χ1v) is 9.23. The topological polar surface area (TPSA) is 70.1 Å². The van der Waals surface area contributed by atoms with Crippen molar-refractivity contribution in [2.45, 2.75) is 44.8 Å². The smallest absolute Gasteiger partial charge is 0.410 e. The zero-order valence-electron chi connectivity index (χ0n) is 15.7. The van der Waals surface area contributed by atoms with Gasteiger partial charge in [-0.1, -0.05) is 30.3 Å². The van der Waals surface area contributed by atoms with Crippen LogP contribution in [0.1, 0.15) is 38.7 Å². The van der Waals surface area contributed by atoms with E-state index >= 15 is 0 Å². The van der Waals surface area contributed by atoms with Crippen molar-refractivity contribution >= 4 is 12.1 Å². The van der Waals surface area contributed by atoms with E-state index in [4.69, 9.17) is 4.74 Å². The summed E-state index contributed by atoms with van der Waals surface area (Å²) in [6.45, 7) is 7.59. The van der Waals surface area contributed by atoms with Crippen molar-refractivity contribution in [3.8, 4) is 0 Å². The molecule has 0 aliphatic carbocycles. The van der Waals surface area contributed by atoms with Crippen LogP contribution in [0, 0.1) is 5.92 Å². The Labute approximate surface area is 154 Å². The summed E-state index contributed by atoms with van der Waals surface area (Å²) < 4.78 is 5.54. The number of carbonyl (C=O) groups excluding carboxylic acids is 1. The van der Waals surface area contributed by atoms with E-state index in [1.165, 1.54) is 5.56 Å². The number of carbonyl (C=O) groups is 2. The maximum atomic E-state index is 12.5. The van der Waals surface area contributed by atoms with Crippen molar-refractivity contribution in [2.75, 3.05) is 26.2 Å². The highest BCUT2D eigenvalue weighted by Crippen LogP contribution is 2.41. The molecular formula is C20H28N2O4. The molecule has 2 saturated heterocycles. The molecule has 0 bridgehead atoms. The summed E-state index contributed by atoms with van der Waals surface area (Å²) in [6.07, 6.45) is 0.500. The van der Waals surface area contributed by atoms with Crippen LogP contribution >= 0.6 is 0 Å². The maximum absolute atomic E-state index is 12.5. The van der Waals surface area contributed by atoms with Crippen LogP contribution in [-0.2, 0) is 9.53 Å². The molecule has 0 aromatic heterocycles. The van der Waals surface area contributed by atoms with Crippen molar-refractivity contribution < 1.29 is 19.4 Å². The van der Waals surface area contributed by atoms with Gasteiger partial charge in [0.2, 0.25) is 0 Å². The minimum absolute atomic E-state index is 0.0525. The van der Waals surface area contributed by atoms with Crippen molar-refractivity contribution in [1.29, 1.82) is 0 Å². The van der Waals surface area contributed by atoms with Gasteiger partial charge in [0.15, 0.2) is 0 Å². The lowest BCUT2D eigenvalue weighted by Gasteiger charge is -2.39. The molecule has 3 rings (SSSR count). The molecule has 3 atom stereocenters. The van der Waals surface area contributed by atoms with Gasteiger partial charge in [-0.05, 0) is 32.8 Å². The molecule has 2 fully saturated rings. The monoisotopic (exact) mass is 360 g/mol. The second kappa shape index (κ2) is 7.27. The van der Waals surface area contributed by atoms with E-state index in [9.17, 15) is 14.7 Å². The quantitative estimate of drug-likeness (QED) is 0.898. The molecule has 1 aromatic carbocycles. The van der Waals surface area contributed by atoms with Gasteiger partial charge >= 0.3 is 12.1 Å². The molecule has 2 aliphatic rings. The number of ether oxygens (including phenoxy) is 1. The number of fused-ring (bicyclic) bond motifs is 1. The van der Waals surface area contributed by atoms with Crippen LogP contribution < -0.4 is 0 Å². The number of hydrogen-bond acceptors (Lipinski definition) is 4. The van der Waals surface area contributed by atoms with Crippen LogP contribution in [0.25, 0.3) is 0 Å². The van der Waals surface area contributed by atoms with Gasteiger partial charge in [-0.3, -0.25) is 9.69 Å². The van der Waals surface area contributed by atoms with Crippen molar-refractivity contribution in [3.63, 3.8) is 0 Å². The first-order chi connectivity index (χ1) is 12.2. The number of benzene rings is 1. The third-order valence-electron chi connectivity index (χ3n) is 5.26. The van der Waals surface area contributed by atoms with E-state index in [-0.39, 0.29) is 30.5 Å². The van der Waals surface area contributed by atoms with Crippen LogP contribution in [0.3, 0.4) is 0 Å². The van der Waals surface area contributed by atoms with E-state index in [0.29, 0.717) is 19.6 Å². The summed E-state index contributed by atoms with van der Waals surface area (Å²) >= 11 is 0. The Kier molecular flexibility index (Phi) is 5.23. The fraction of sp³-hybridized carbons (Fsp3) is 0.600. The second-order valence-corrected chi connectivity index (χ2v) is 8.29. The molecule has 0 saturated carbocycles. The average Bonchev–Trinajstić information content (AvgIpc) is 2.91. The molecular weight excluding hydrogens is 332 g/mol. The van der Waals surface area contributed by atoms with Crippen molar-refractivity contribution in [1.82, 2.24) is 9.80 Å². The number of aliphatic carboxylic acids is 1. The Hall–Kier alpha value is -2.08. The number of hydrogen-bond donors (Lipinski definition) is 1. The average molecular weight is 360 g/mol. The normalized spacial score (nSPS) is 26.4. The zero-order chi connectivity index (χ0) is 18.9. The zero-order valence-corrected chi connectivity index (χ0v) is 15.7. The van der Waals surface area contributed by atoms with Gasteiger partial charge < -0.3 is 14.7 Å². The summed E-state index contributed by atoms with van der Waals surface area (Å²) in [7, 11) is 0. The number of likely N-dealkylation sites (tertiary alicyclic amines) is 2. The molecule has 0 unspecified atom stereocenters. The largest absolute Gasteiger partial charge is 0.480 e. The summed E-state index contributed by atoms with van der Waals surface area (Å²) in [5.41, 5.74) is 0.694. The standard InChI is InChI=1S/C20H28N2O4/c1-20(2,3)26-19(25)21-10-9-17-16(12-21)15(11-22(17)13-18(23)24)14-7-5-4-6-8-14/h4-8,15-17H,9-13H2,1-3H3,(H,23,24)/t15-,16-,17-/m0/s1. The van der Waals surface area contributed by atoms with E-state index in [1.807, 2.05) is 39.0 Å². The molecule has 142 valence electrons. The highest BCUT2D eigenvalue weighted by molar-refractivity contribution is 5.69. The van der Waals surface area contributed by atoms with E-state index in [0.717, 1.165) is 6.42 Å². The summed E-state index contributed by atoms with van der Waals surface area (Å²) in [5, 5.41) is 9.26. The summed E-state index contributed by atoms with van der Waals surface area (Å²) in [5.74, 6) is -0.351. The van der Waals surface area contributed by atoms with Crippen LogP contribution in [0.5, 0.6) is 0 Å². The van der Waals surface area contributed by atoms with Gasteiger partial charge in [0.05, 0.1) is 6.54 Å². The Morgan fingerprint density at radius 1 is 1.19 bits per heavy atom. The fourth-order valence-electron chi connectivity index (χ4n) is 4.24.